The zero-order valence-corrected chi connectivity index (χ0v) is 17.9. The number of anilines is 1. The van der Waals surface area contributed by atoms with E-state index in [2.05, 4.69) is 4.90 Å². The second kappa shape index (κ2) is 8.97. The molecule has 2 aromatic carbocycles. The second-order valence-electron chi connectivity index (χ2n) is 7.70. The van der Waals surface area contributed by atoms with Gasteiger partial charge in [0, 0.05) is 50.6 Å². The molecule has 0 aliphatic carbocycles. The molecule has 0 saturated carbocycles. The number of piperazine rings is 1. The Bertz CT molecular complexity index is 1200. The maximum atomic E-state index is 15.0. The van der Waals surface area contributed by atoms with Crippen LogP contribution in [0, 0.1) is 5.82 Å². The van der Waals surface area contributed by atoms with Crippen LogP contribution in [0.25, 0.3) is 16.6 Å². The maximum absolute atomic E-state index is 15.0. The van der Waals surface area contributed by atoms with Gasteiger partial charge < -0.3 is 28.9 Å². The highest BCUT2D eigenvalue weighted by molar-refractivity contribution is 5.94. The number of aromatic nitrogens is 1. The fourth-order valence-corrected chi connectivity index (χ4v) is 3.82. The Hall–Kier alpha value is -3.43. The Labute approximate surface area is 184 Å². The summed E-state index contributed by atoms with van der Waals surface area (Å²) in [5.41, 5.74) is 0.289. The molecule has 1 saturated heterocycles. The minimum Gasteiger partial charge on any atom is -0.477 e. The molecular formula is C23H24FN3O5. The number of halogens is 1. The highest BCUT2D eigenvalue weighted by atomic mass is 19.1. The van der Waals surface area contributed by atoms with E-state index in [1.807, 2.05) is 11.9 Å². The summed E-state index contributed by atoms with van der Waals surface area (Å²) >= 11 is 0. The second-order valence-corrected chi connectivity index (χ2v) is 7.70. The summed E-state index contributed by atoms with van der Waals surface area (Å²) < 4.78 is 26.9. The lowest BCUT2D eigenvalue weighted by molar-refractivity contribution is 0.0511. The number of benzene rings is 2. The van der Waals surface area contributed by atoms with E-state index in [0.29, 0.717) is 35.7 Å². The van der Waals surface area contributed by atoms with E-state index in [0.717, 1.165) is 19.2 Å². The van der Waals surface area contributed by atoms with Crippen LogP contribution in [0.1, 0.15) is 10.4 Å². The number of methoxy groups -OCH3 is 1. The van der Waals surface area contributed by atoms with Crippen molar-refractivity contribution in [3.05, 3.63) is 64.2 Å². The van der Waals surface area contributed by atoms with Gasteiger partial charge in [0.2, 0.25) is 5.43 Å². The molecule has 1 N–H and O–H groups in total. The first-order valence-corrected chi connectivity index (χ1v) is 10.2. The van der Waals surface area contributed by atoms with Crippen molar-refractivity contribution in [1.82, 2.24) is 9.47 Å². The molecule has 2 heterocycles. The van der Waals surface area contributed by atoms with Crippen LogP contribution < -0.4 is 15.1 Å². The first-order valence-electron chi connectivity index (χ1n) is 10.2. The smallest absolute Gasteiger partial charge is 0.341 e. The van der Waals surface area contributed by atoms with Gasteiger partial charge >= 0.3 is 5.97 Å². The number of ether oxygens (including phenoxy) is 2. The summed E-state index contributed by atoms with van der Waals surface area (Å²) in [5.74, 6) is -1.34. The lowest BCUT2D eigenvalue weighted by atomic mass is 10.1. The van der Waals surface area contributed by atoms with Gasteiger partial charge in [-0.1, -0.05) is 0 Å². The van der Waals surface area contributed by atoms with Crippen molar-refractivity contribution in [1.29, 1.82) is 0 Å². The van der Waals surface area contributed by atoms with Crippen LogP contribution in [-0.4, -0.2) is 67.7 Å². The predicted molar refractivity (Wildman–Crippen MR) is 119 cm³/mol. The van der Waals surface area contributed by atoms with E-state index in [9.17, 15) is 14.7 Å². The number of rotatable bonds is 6. The van der Waals surface area contributed by atoms with Gasteiger partial charge in [0.25, 0.3) is 0 Å². The van der Waals surface area contributed by atoms with Gasteiger partial charge in [0.05, 0.1) is 11.2 Å². The van der Waals surface area contributed by atoms with Gasteiger partial charge in [-0.05, 0) is 43.4 Å². The fraction of sp³-hybridized carbons (Fsp3) is 0.304. The van der Waals surface area contributed by atoms with Crippen LogP contribution in [-0.2, 0) is 4.74 Å². The number of pyridine rings is 1. The molecule has 0 spiro atoms. The largest absolute Gasteiger partial charge is 0.477 e. The monoisotopic (exact) mass is 441 g/mol. The Morgan fingerprint density at radius 2 is 1.81 bits per heavy atom. The van der Waals surface area contributed by atoms with E-state index in [1.165, 1.54) is 13.3 Å². The lowest BCUT2D eigenvalue weighted by Gasteiger charge is -2.34. The third-order valence-electron chi connectivity index (χ3n) is 5.60. The van der Waals surface area contributed by atoms with Crippen molar-refractivity contribution in [2.24, 2.45) is 0 Å². The summed E-state index contributed by atoms with van der Waals surface area (Å²) in [6, 6.07) is 9.66. The molecule has 1 aromatic heterocycles. The average Bonchev–Trinajstić information content (AvgIpc) is 2.79. The van der Waals surface area contributed by atoms with Gasteiger partial charge in [-0.15, -0.1) is 0 Å². The normalized spacial score (nSPS) is 14.7. The third-order valence-corrected chi connectivity index (χ3v) is 5.60. The maximum Gasteiger partial charge on any atom is 0.341 e. The number of carboxylic acids is 1. The molecule has 0 bridgehead atoms. The third kappa shape index (κ3) is 4.17. The number of fused-ring (bicyclic) bond motifs is 1. The van der Waals surface area contributed by atoms with Crippen molar-refractivity contribution in [3.8, 4) is 11.4 Å². The molecule has 1 fully saturated rings. The Kier molecular flexibility index (Phi) is 6.11. The molecule has 168 valence electrons. The summed E-state index contributed by atoms with van der Waals surface area (Å²) in [7, 11) is 3.53. The van der Waals surface area contributed by atoms with Crippen molar-refractivity contribution >= 4 is 22.6 Å². The SMILES string of the molecule is COCOc1ccc(-n2cc(C(=O)O)c(=O)c3cc(F)c(N4CCN(C)CC4)cc32)cc1. The zero-order valence-electron chi connectivity index (χ0n) is 17.9. The summed E-state index contributed by atoms with van der Waals surface area (Å²) in [6.45, 7) is 3.00. The molecule has 3 aromatic rings. The van der Waals surface area contributed by atoms with Gasteiger partial charge in [-0.2, -0.15) is 0 Å². The number of likely N-dealkylation sites (N-methyl/N-ethyl adjacent to an activating group) is 1. The number of carboxylic acid groups (broad SMARTS) is 1. The zero-order chi connectivity index (χ0) is 22.8. The highest BCUT2D eigenvalue weighted by Crippen LogP contribution is 2.28. The highest BCUT2D eigenvalue weighted by Gasteiger charge is 2.22. The minimum absolute atomic E-state index is 0.0139. The lowest BCUT2D eigenvalue weighted by Crippen LogP contribution is -2.44. The predicted octanol–water partition coefficient (Wildman–Crippen LogP) is 2.56. The summed E-state index contributed by atoms with van der Waals surface area (Å²) in [6.07, 6.45) is 1.28. The molecule has 0 atom stereocenters. The number of carbonyl (C=O) groups is 1. The first kappa shape index (κ1) is 21.8. The number of nitrogens with zero attached hydrogens (tertiary/aromatic N) is 3. The molecule has 1 aliphatic rings. The van der Waals surface area contributed by atoms with Gasteiger partial charge in [-0.25, -0.2) is 9.18 Å². The van der Waals surface area contributed by atoms with E-state index in [1.54, 1.807) is 34.9 Å². The van der Waals surface area contributed by atoms with Gasteiger partial charge in [-0.3, -0.25) is 4.79 Å². The molecule has 8 nitrogen and oxygen atoms in total. The van der Waals surface area contributed by atoms with E-state index >= 15 is 4.39 Å². The number of hydrogen-bond acceptors (Lipinski definition) is 6. The Balaban J connectivity index is 1.87. The van der Waals surface area contributed by atoms with E-state index in [4.69, 9.17) is 9.47 Å². The first-order chi connectivity index (χ1) is 15.4. The van der Waals surface area contributed by atoms with Crippen LogP contribution in [0.5, 0.6) is 5.75 Å². The van der Waals surface area contributed by atoms with Crippen LogP contribution in [0.3, 0.4) is 0 Å². The van der Waals surface area contributed by atoms with Gasteiger partial charge in [0.15, 0.2) is 6.79 Å². The average molecular weight is 441 g/mol. The molecule has 0 amide bonds. The van der Waals surface area contributed by atoms with E-state index < -0.39 is 22.8 Å². The van der Waals surface area contributed by atoms with Crippen molar-refractivity contribution in [3.63, 3.8) is 0 Å². The van der Waals surface area contributed by atoms with Crippen LogP contribution in [0.4, 0.5) is 10.1 Å². The van der Waals surface area contributed by atoms with Gasteiger partial charge in [0.1, 0.15) is 17.1 Å². The number of aromatic carboxylic acids is 1. The van der Waals surface area contributed by atoms with Crippen molar-refractivity contribution < 1.29 is 23.8 Å². The van der Waals surface area contributed by atoms with Crippen molar-refractivity contribution in [2.45, 2.75) is 0 Å². The summed E-state index contributed by atoms with van der Waals surface area (Å²) in [4.78, 5) is 28.6. The van der Waals surface area contributed by atoms with Crippen LogP contribution in [0.15, 0.2) is 47.4 Å². The quantitative estimate of drug-likeness (QED) is 0.589. The minimum atomic E-state index is -1.37. The van der Waals surface area contributed by atoms with Crippen LogP contribution >= 0.6 is 0 Å². The molecule has 4 rings (SSSR count). The Morgan fingerprint density at radius 1 is 1.12 bits per heavy atom. The standard InChI is InChI=1S/C23H24FN3O5/c1-25-7-9-26(10-8-25)21-12-20-17(11-19(21)24)22(28)18(23(29)30)13-27(20)15-3-5-16(6-4-15)32-14-31-2/h3-6,11-13H,7-10,14H2,1-2H3,(H,29,30). The molecule has 0 unspecified atom stereocenters. The molecule has 9 heteroatoms. The van der Waals surface area contributed by atoms with Crippen molar-refractivity contribution in [2.75, 3.05) is 52.0 Å². The number of hydrogen-bond donors (Lipinski definition) is 1. The molecule has 1 aliphatic heterocycles. The molecule has 0 radical (unpaired) electrons. The molecular weight excluding hydrogens is 417 g/mol. The fourth-order valence-electron chi connectivity index (χ4n) is 3.82. The Morgan fingerprint density at radius 3 is 2.44 bits per heavy atom. The topological polar surface area (TPSA) is 84.2 Å². The summed E-state index contributed by atoms with van der Waals surface area (Å²) in [5, 5.41) is 9.55. The van der Waals surface area contributed by atoms with Crippen LogP contribution in [0.2, 0.25) is 0 Å². The van der Waals surface area contributed by atoms with E-state index in [-0.39, 0.29) is 12.2 Å². The molecule has 32 heavy (non-hydrogen) atoms.